The number of fused-ring (bicyclic) bond motifs is 3. The Morgan fingerprint density at radius 3 is 2.72 bits per heavy atom. The summed E-state index contributed by atoms with van der Waals surface area (Å²) in [5.41, 5.74) is 7.17. The molecule has 0 aliphatic carbocycles. The molecule has 2 aromatic heterocycles. The minimum atomic E-state index is -0.548. The lowest BCUT2D eigenvalue weighted by Gasteiger charge is -2.08. The van der Waals surface area contributed by atoms with Gasteiger partial charge >= 0.3 is 5.63 Å². The van der Waals surface area contributed by atoms with Gasteiger partial charge in [-0.15, -0.1) is 0 Å². The number of nitrogens with zero attached hydrogens (tertiary/aromatic N) is 2. The van der Waals surface area contributed by atoms with E-state index in [1.54, 1.807) is 25.3 Å². The van der Waals surface area contributed by atoms with Crippen molar-refractivity contribution in [1.82, 2.24) is 9.97 Å². The molecule has 0 unspecified atom stereocenters. The highest BCUT2D eigenvalue weighted by atomic mass is 79.9. The fraction of sp³-hybridized carbons (Fsp3) is 0.0556. The maximum Gasteiger partial charge on any atom is 0.349 e. The summed E-state index contributed by atoms with van der Waals surface area (Å²) in [4.78, 5) is 21.1. The Hall–Kier alpha value is -2.93. The SMILES string of the molecule is COc1ccc(-c2nc(N)c3c(=O)oc4ccccc4c3n2)cc1Br. The van der Waals surface area contributed by atoms with Crippen LogP contribution in [-0.2, 0) is 0 Å². The normalized spacial score (nSPS) is 11.1. The summed E-state index contributed by atoms with van der Waals surface area (Å²) in [6, 6.07) is 12.7. The Labute approximate surface area is 150 Å². The third-order valence-corrected chi connectivity index (χ3v) is 4.52. The third kappa shape index (κ3) is 2.53. The highest BCUT2D eigenvalue weighted by Crippen LogP contribution is 2.31. The van der Waals surface area contributed by atoms with E-state index in [0.717, 1.165) is 10.0 Å². The van der Waals surface area contributed by atoms with Crippen LogP contribution in [0.15, 0.2) is 56.1 Å². The molecule has 0 bridgehead atoms. The second-order valence-corrected chi connectivity index (χ2v) is 6.25. The van der Waals surface area contributed by atoms with E-state index in [2.05, 4.69) is 25.9 Å². The zero-order valence-corrected chi connectivity index (χ0v) is 14.7. The molecule has 124 valence electrons. The minimum Gasteiger partial charge on any atom is -0.496 e. The number of ether oxygens (including phenoxy) is 1. The van der Waals surface area contributed by atoms with Crippen molar-refractivity contribution in [2.24, 2.45) is 0 Å². The Bertz CT molecular complexity index is 1190. The molecule has 0 radical (unpaired) electrons. The summed E-state index contributed by atoms with van der Waals surface area (Å²) in [6.07, 6.45) is 0. The lowest BCUT2D eigenvalue weighted by molar-refractivity contribution is 0.412. The van der Waals surface area contributed by atoms with E-state index in [4.69, 9.17) is 14.9 Å². The van der Waals surface area contributed by atoms with Crippen LogP contribution in [0.5, 0.6) is 5.75 Å². The maximum absolute atomic E-state index is 12.2. The number of halogens is 1. The van der Waals surface area contributed by atoms with E-state index in [-0.39, 0.29) is 11.2 Å². The molecule has 0 fully saturated rings. The van der Waals surface area contributed by atoms with Gasteiger partial charge in [0.1, 0.15) is 22.5 Å². The number of methoxy groups -OCH3 is 1. The van der Waals surface area contributed by atoms with Gasteiger partial charge in [0.25, 0.3) is 0 Å². The summed E-state index contributed by atoms with van der Waals surface area (Å²) >= 11 is 3.45. The van der Waals surface area contributed by atoms with Gasteiger partial charge in [-0.25, -0.2) is 14.8 Å². The van der Waals surface area contributed by atoms with E-state index in [9.17, 15) is 4.79 Å². The lowest BCUT2D eigenvalue weighted by atomic mass is 10.1. The first kappa shape index (κ1) is 15.6. The number of aromatic nitrogens is 2. The van der Waals surface area contributed by atoms with Crippen LogP contribution < -0.4 is 16.1 Å². The molecule has 0 aliphatic heterocycles. The van der Waals surface area contributed by atoms with Gasteiger partial charge in [0.05, 0.1) is 17.1 Å². The number of hydrogen-bond donors (Lipinski definition) is 1. The van der Waals surface area contributed by atoms with Crippen molar-refractivity contribution < 1.29 is 9.15 Å². The second-order valence-electron chi connectivity index (χ2n) is 5.39. The highest BCUT2D eigenvalue weighted by Gasteiger charge is 2.15. The number of rotatable bonds is 2. The molecule has 0 saturated carbocycles. The molecule has 2 aromatic carbocycles. The first-order chi connectivity index (χ1) is 12.1. The number of para-hydroxylation sites is 1. The number of hydrogen-bond acceptors (Lipinski definition) is 6. The predicted octanol–water partition coefficient (Wildman–Crippen LogP) is 3.76. The molecule has 0 aliphatic rings. The van der Waals surface area contributed by atoms with Gasteiger partial charge in [-0.3, -0.25) is 0 Å². The standard InChI is InChI=1S/C18H12BrN3O3/c1-24-13-7-6-9(8-11(13)19)17-21-15-10-4-2-3-5-12(10)25-18(23)14(15)16(20)22-17/h2-8H,1H3,(H2,20,21,22). The molecule has 25 heavy (non-hydrogen) atoms. The molecule has 4 aromatic rings. The number of nitrogens with two attached hydrogens (primary N) is 1. The number of benzene rings is 2. The van der Waals surface area contributed by atoms with Crippen molar-refractivity contribution in [2.45, 2.75) is 0 Å². The first-order valence-corrected chi connectivity index (χ1v) is 8.21. The molecule has 2 N–H and O–H groups in total. The van der Waals surface area contributed by atoms with Gasteiger partial charge < -0.3 is 14.9 Å². The van der Waals surface area contributed by atoms with Crippen LogP contribution in [0.4, 0.5) is 5.82 Å². The molecule has 2 heterocycles. The Morgan fingerprint density at radius 1 is 1.16 bits per heavy atom. The molecule has 0 amide bonds. The van der Waals surface area contributed by atoms with Gasteiger partial charge in [0.2, 0.25) is 0 Å². The largest absolute Gasteiger partial charge is 0.496 e. The number of anilines is 1. The van der Waals surface area contributed by atoms with E-state index in [1.807, 2.05) is 24.3 Å². The molecule has 4 rings (SSSR count). The van der Waals surface area contributed by atoms with Crippen molar-refractivity contribution in [3.63, 3.8) is 0 Å². The summed E-state index contributed by atoms with van der Waals surface area (Å²) in [6.45, 7) is 0. The van der Waals surface area contributed by atoms with Gasteiger partial charge in [0, 0.05) is 10.9 Å². The van der Waals surface area contributed by atoms with Gasteiger partial charge in [0.15, 0.2) is 5.82 Å². The lowest BCUT2D eigenvalue weighted by Crippen LogP contribution is -2.08. The summed E-state index contributed by atoms with van der Waals surface area (Å²) in [5, 5.41) is 0.898. The highest BCUT2D eigenvalue weighted by molar-refractivity contribution is 9.10. The van der Waals surface area contributed by atoms with Crippen LogP contribution in [-0.4, -0.2) is 17.1 Å². The fourth-order valence-corrected chi connectivity index (χ4v) is 3.25. The molecule has 0 spiro atoms. The smallest absolute Gasteiger partial charge is 0.349 e. The fourth-order valence-electron chi connectivity index (χ4n) is 2.71. The van der Waals surface area contributed by atoms with Crippen molar-refractivity contribution in [3.05, 3.63) is 57.4 Å². The summed E-state index contributed by atoms with van der Waals surface area (Å²) in [7, 11) is 1.59. The Morgan fingerprint density at radius 2 is 1.96 bits per heavy atom. The molecule has 0 saturated heterocycles. The monoisotopic (exact) mass is 397 g/mol. The quantitative estimate of drug-likeness (QED) is 0.409. The Balaban J connectivity index is 2.05. The van der Waals surface area contributed by atoms with Crippen molar-refractivity contribution in [3.8, 4) is 17.1 Å². The summed E-state index contributed by atoms with van der Waals surface area (Å²) < 4.78 is 11.3. The van der Waals surface area contributed by atoms with E-state index in [1.165, 1.54) is 0 Å². The molecular weight excluding hydrogens is 386 g/mol. The third-order valence-electron chi connectivity index (χ3n) is 3.90. The van der Waals surface area contributed by atoms with Crippen molar-refractivity contribution in [1.29, 1.82) is 0 Å². The van der Waals surface area contributed by atoms with Crippen molar-refractivity contribution in [2.75, 3.05) is 12.8 Å². The minimum absolute atomic E-state index is 0.0893. The summed E-state index contributed by atoms with van der Waals surface area (Å²) in [5.74, 6) is 1.21. The number of nitrogen functional groups attached to an aromatic ring is 1. The Kier molecular flexibility index (Phi) is 3.65. The van der Waals surface area contributed by atoms with Crippen molar-refractivity contribution >= 4 is 43.6 Å². The van der Waals surface area contributed by atoms with E-state index < -0.39 is 5.63 Å². The van der Waals surface area contributed by atoms with Crippen LogP contribution in [0, 0.1) is 0 Å². The molecule has 0 atom stereocenters. The van der Waals surface area contributed by atoms with Crippen LogP contribution in [0.2, 0.25) is 0 Å². The van der Waals surface area contributed by atoms with Crippen LogP contribution in [0.3, 0.4) is 0 Å². The average molecular weight is 398 g/mol. The second kappa shape index (κ2) is 5.86. The zero-order chi connectivity index (χ0) is 17.6. The van der Waals surface area contributed by atoms with Gasteiger partial charge in [-0.05, 0) is 46.3 Å². The van der Waals surface area contributed by atoms with Gasteiger partial charge in [-0.2, -0.15) is 0 Å². The van der Waals surface area contributed by atoms with E-state index >= 15 is 0 Å². The van der Waals surface area contributed by atoms with Gasteiger partial charge in [-0.1, -0.05) is 12.1 Å². The van der Waals surface area contributed by atoms with Crippen LogP contribution in [0.1, 0.15) is 0 Å². The predicted molar refractivity (Wildman–Crippen MR) is 99.7 cm³/mol. The molecule has 7 heteroatoms. The molecule has 6 nitrogen and oxygen atoms in total. The van der Waals surface area contributed by atoms with Crippen LogP contribution in [0.25, 0.3) is 33.3 Å². The zero-order valence-electron chi connectivity index (χ0n) is 13.1. The first-order valence-electron chi connectivity index (χ1n) is 7.41. The maximum atomic E-state index is 12.2. The topological polar surface area (TPSA) is 91.2 Å². The average Bonchev–Trinajstić information content (AvgIpc) is 2.61. The van der Waals surface area contributed by atoms with E-state index in [0.29, 0.717) is 28.1 Å². The van der Waals surface area contributed by atoms with Crippen LogP contribution >= 0.6 is 15.9 Å². The molecular formula is C18H12BrN3O3.